The van der Waals surface area contributed by atoms with Crippen LogP contribution in [0.3, 0.4) is 0 Å². The number of rotatable bonds is 4. The van der Waals surface area contributed by atoms with Crippen molar-refractivity contribution in [3.8, 4) is 11.3 Å². The van der Waals surface area contributed by atoms with E-state index >= 15 is 0 Å². The van der Waals surface area contributed by atoms with E-state index in [9.17, 15) is 0 Å². The summed E-state index contributed by atoms with van der Waals surface area (Å²) in [5.74, 6) is 0. The van der Waals surface area contributed by atoms with Crippen molar-refractivity contribution in [1.29, 1.82) is 0 Å². The van der Waals surface area contributed by atoms with Gasteiger partial charge in [-0.25, -0.2) is 0 Å². The number of hydrogen-bond acceptors (Lipinski definition) is 3. The Balaban J connectivity index is 1.63. The third-order valence-electron chi connectivity index (χ3n) is 3.53. The summed E-state index contributed by atoms with van der Waals surface area (Å²) in [4.78, 5) is 0. The number of anilines is 1. The molecule has 1 aromatic heterocycles. The standard InChI is InChI=1S/C15H19N3O/c1-11-5-6-14(19-11)10-16-13-4-2-3-12(9-13)15-7-8-17-18-15/h2-4,7-9,11,14,16H,5-6,10H2,1H3,(H,17,18). The normalized spacial score (nSPS) is 22.6. The third-order valence-corrected chi connectivity index (χ3v) is 3.53. The highest BCUT2D eigenvalue weighted by molar-refractivity contribution is 5.64. The molecule has 2 aromatic rings. The van der Waals surface area contributed by atoms with E-state index in [0.29, 0.717) is 12.2 Å². The van der Waals surface area contributed by atoms with Gasteiger partial charge < -0.3 is 10.1 Å². The van der Waals surface area contributed by atoms with E-state index in [1.54, 1.807) is 6.20 Å². The van der Waals surface area contributed by atoms with Crippen molar-refractivity contribution in [3.05, 3.63) is 36.5 Å². The lowest BCUT2D eigenvalue weighted by Crippen LogP contribution is -2.19. The predicted octanol–water partition coefficient (Wildman–Crippen LogP) is 3.06. The van der Waals surface area contributed by atoms with E-state index in [4.69, 9.17) is 4.74 Å². The first kappa shape index (κ1) is 12.2. The number of benzene rings is 1. The highest BCUT2D eigenvalue weighted by Crippen LogP contribution is 2.22. The minimum atomic E-state index is 0.339. The smallest absolute Gasteiger partial charge is 0.0751 e. The molecule has 19 heavy (non-hydrogen) atoms. The first-order valence-electron chi connectivity index (χ1n) is 6.80. The first-order valence-corrected chi connectivity index (χ1v) is 6.80. The monoisotopic (exact) mass is 257 g/mol. The quantitative estimate of drug-likeness (QED) is 0.885. The fourth-order valence-corrected chi connectivity index (χ4v) is 2.48. The van der Waals surface area contributed by atoms with Crippen LogP contribution in [0.25, 0.3) is 11.3 Å². The highest BCUT2D eigenvalue weighted by atomic mass is 16.5. The zero-order valence-corrected chi connectivity index (χ0v) is 11.1. The van der Waals surface area contributed by atoms with Crippen molar-refractivity contribution in [1.82, 2.24) is 10.2 Å². The van der Waals surface area contributed by atoms with Crippen LogP contribution in [-0.4, -0.2) is 29.0 Å². The van der Waals surface area contributed by atoms with Crippen molar-refractivity contribution in [2.75, 3.05) is 11.9 Å². The molecule has 0 bridgehead atoms. The van der Waals surface area contributed by atoms with Gasteiger partial charge in [-0.15, -0.1) is 0 Å². The van der Waals surface area contributed by atoms with Gasteiger partial charge in [0.05, 0.1) is 17.9 Å². The molecule has 2 heterocycles. The maximum Gasteiger partial charge on any atom is 0.0751 e. The molecule has 0 saturated carbocycles. The van der Waals surface area contributed by atoms with Crippen molar-refractivity contribution < 1.29 is 4.74 Å². The SMILES string of the molecule is CC1CCC(CNc2cccc(-c3ccn[nH]3)c2)O1. The van der Waals surface area contributed by atoms with Gasteiger partial charge in [-0.2, -0.15) is 5.10 Å². The summed E-state index contributed by atoms with van der Waals surface area (Å²) in [6.45, 7) is 3.01. The molecule has 0 aliphatic carbocycles. The summed E-state index contributed by atoms with van der Waals surface area (Å²) in [6, 6.07) is 10.3. The average molecular weight is 257 g/mol. The topological polar surface area (TPSA) is 49.9 Å². The van der Waals surface area contributed by atoms with E-state index in [0.717, 1.165) is 29.9 Å². The molecule has 1 aliphatic heterocycles. The lowest BCUT2D eigenvalue weighted by Gasteiger charge is -2.13. The third kappa shape index (κ3) is 2.96. The van der Waals surface area contributed by atoms with Crippen LogP contribution >= 0.6 is 0 Å². The molecule has 0 amide bonds. The zero-order valence-electron chi connectivity index (χ0n) is 11.1. The Bertz CT molecular complexity index is 524. The summed E-state index contributed by atoms with van der Waals surface area (Å²) in [6.07, 6.45) is 4.83. The average Bonchev–Trinajstić information content (AvgIpc) is 3.08. The molecular weight excluding hydrogens is 238 g/mol. The molecule has 2 N–H and O–H groups in total. The fraction of sp³-hybridized carbons (Fsp3) is 0.400. The van der Waals surface area contributed by atoms with Crippen LogP contribution < -0.4 is 5.32 Å². The number of aromatic amines is 1. The largest absolute Gasteiger partial charge is 0.382 e. The van der Waals surface area contributed by atoms with Crippen molar-refractivity contribution in [3.63, 3.8) is 0 Å². The summed E-state index contributed by atoms with van der Waals surface area (Å²) in [5, 5.41) is 10.4. The van der Waals surface area contributed by atoms with Gasteiger partial charge in [-0.1, -0.05) is 12.1 Å². The van der Waals surface area contributed by atoms with Crippen molar-refractivity contribution in [2.45, 2.75) is 32.0 Å². The Morgan fingerprint density at radius 1 is 1.37 bits per heavy atom. The van der Waals surface area contributed by atoms with Gasteiger partial charge in [-0.05, 0) is 38.0 Å². The van der Waals surface area contributed by atoms with Crippen LogP contribution in [0.4, 0.5) is 5.69 Å². The van der Waals surface area contributed by atoms with Gasteiger partial charge in [0.2, 0.25) is 0 Å². The second kappa shape index (κ2) is 5.45. The number of aromatic nitrogens is 2. The second-order valence-electron chi connectivity index (χ2n) is 5.08. The molecule has 0 radical (unpaired) electrons. The van der Waals surface area contributed by atoms with E-state index in [-0.39, 0.29) is 0 Å². The van der Waals surface area contributed by atoms with Gasteiger partial charge in [0.15, 0.2) is 0 Å². The molecule has 100 valence electrons. The number of H-pyrrole nitrogens is 1. The molecule has 4 heteroatoms. The maximum absolute atomic E-state index is 5.81. The summed E-state index contributed by atoms with van der Waals surface area (Å²) in [7, 11) is 0. The minimum absolute atomic E-state index is 0.339. The number of hydrogen-bond donors (Lipinski definition) is 2. The molecule has 3 rings (SSSR count). The van der Waals surface area contributed by atoms with Gasteiger partial charge in [0, 0.05) is 24.0 Å². The molecule has 4 nitrogen and oxygen atoms in total. The van der Waals surface area contributed by atoms with E-state index in [2.05, 4.69) is 46.7 Å². The zero-order chi connectivity index (χ0) is 13.1. The Kier molecular flexibility index (Phi) is 3.51. The molecule has 0 spiro atoms. The minimum Gasteiger partial charge on any atom is -0.382 e. The molecule has 2 unspecified atom stereocenters. The van der Waals surface area contributed by atoms with Crippen LogP contribution in [0.2, 0.25) is 0 Å². The molecule has 1 fully saturated rings. The van der Waals surface area contributed by atoms with Gasteiger partial charge in [0.25, 0.3) is 0 Å². The number of nitrogens with one attached hydrogen (secondary N) is 2. The maximum atomic E-state index is 5.81. The fourth-order valence-electron chi connectivity index (χ4n) is 2.48. The van der Waals surface area contributed by atoms with Crippen LogP contribution in [0.1, 0.15) is 19.8 Å². The first-order chi connectivity index (χ1) is 9.31. The summed E-state index contributed by atoms with van der Waals surface area (Å²) in [5.41, 5.74) is 3.30. The number of nitrogens with zero attached hydrogens (tertiary/aromatic N) is 1. The van der Waals surface area contributed by atoms with Gasteiger partial charge in [-0.3, -0.25) is 5.10 Å². The van der Waals surface area contributed by atoms with Crippen molar-refractivity contribution in [2.24, 2.45) is 0 Å². The van der Waals surface area contributed by atoms with E-state index in [1.165, 1.54) is 6.42 Å². The van der Waals surface area contributed by atoms with Crippen LogP contribution in [0, 0.1) is 0 Å². The Hall–Kier alpha value is -1.81. The highest BCUT2D eigenvalue weighted by Gasteiger charge is 2.21. The molecule has 1 aromatic carbocycles. The van der Waals surface area contributed by atoms with Crippen LogP contribution in [0.5, 0.6) is 0 Å². The molecule has 1 saturated heterocycles. The molecule has 1 aliphatic rings. The molecule has 2 atom stereocenters. The van der Waals surface area contributed by atoms with Crippen molar-refractivity contribution >= 4 is 5.69 Å². The summed E-state index contributed by atoms with van der Waals surface area (Å²) < 4.78 is 5.81. The summed E-state index contributed by atoms with van der Waals surface area (Å²) >= 11 is 0. The van der Waals surface area contributed by atoms with E-state index < -0.39 is 0 Å². The van der Waals surface area contributed by atoms with Gasteiger partial charge in [0.1, 0.15) is 0 Å². The van der Waals surface area contributed by atoms with Crippen LogP contribution in [-0.2, 0) is 4.74 Å². The Morgan fingerprint density at radius 3 is 3.05 bits per heavy atom. The number of ether oxygens (including phenoxy) is 1. The Morgan fingerprint density at radius 2 is 2.32 bits per heavy atom. The predicted molar refractivity (Wildman–Crippen MR) is 76.1 cm³/mol. The Labute approximate surface area is 113 Å². The van der Waals surface area contributed by atoms with Crippen LogP contribution in [0.15, 0.2) is 36.5 Å². The lowest BCUT2D eigenvalue weighted by atomic mass is 10.1. The van der Waals surface area contributed by atoms with E-state index in [1.807, 2.05) is 6.07 Å². The van der Waals surface area contributed by atoms with Gasteiger partial charge >= 0.3 is 0 Å². The second-order valence-corrected chi connectivity index (χ2v) is 5.08. The molecular formula is C15H19N3O. The lowest BCUT2D eigenvalue weighted by molar-refractivity contribution is 0.0637.